The van der Waals surface area contributed by atoms with Crippen LogP contribution in [0.15, 0.2) is 22.6 Å². The summed E-state index contributed by atoms with van der Waals surface area (Å²) >= 11 is 3.31. The number of hydrogen-bond donors (Lipinski definition) is 0. The van der Waals surface area contributed by atoms with E-state index in [-0.39, 0.29) is 11.7 Å². The molecular weight excluding hydrogens is 340 g/mol. The summed E-state index contributed by atoms with van der Waals surface area (Å²) in [5, 5.41) is 1.68. The van der Waals surface area contributed by atoms with Crippen LogP contribution in [0.25, 0.3) is 10.2 Å². The van der Waals surface area contributed by atoms with Gasteiger partial charge in [0, 0.05) is 17.2 Å². The highest BCUT2D eigenvalue weighted by atomic mass is 32.2. The van der Waals surface area contributed by atoms with Crippen molar-refractivity contribution in [2.45, 2.75) is 56.3 Å². The average molecular weight is 363 g/mol. The zero-order valence-electron chi connectivity index (χ0n) is 13.8. The molecule has 0 aromatic carbocycles. The molecule has 128 valence electrons. The number of fused-ring (bicyclic) bond motifs is 3. The second kappa shape index (κ2) is 7.02. The number of ether oxygens (including phenoxy) is 1. The Kier molecular flexibility index (Phi) is 4.79. The van der Waals surface area contributed by atoms with Crippen molar-refractivity contribution in [3.05, 3.63) is 33.4 Å². The lowest BCUT2D eigenvalue weighted by Gasteiger charge is -2.16. The number of hydrogen-bond acceptors (Lipinski definition) is 5. The molecular formula is C18H22N2O2S2. The first-order chi connectivity index (χ1) is 11.8. The fourth-order valence-corrected chi connectivity index (χ4v) is 5.66. The quantitative estimate of drug-likeness (QED) is 0.461. The van der Waals surface area contributed by atoms with E-state index in [4.69, 9.17) is 9.72 Å². The van der Waals surface area contributed by atoms with Crippen LogP contribution in [0.1, 0.15) is 36.1 Å². The second-order valence-electron chi connectivity index (χ2n) is 6.44. The van der Waals surface area contributed by atoms with E-state index in [1.807, 2.05) is 10.6 Å². The van der Waals surface area contributed by atoms with Crippen molar-refractivity contribution in [1.29, 1.82) is 0 Å². The Labute approximate surface area is 149 Å². The largest absolute Gasteiger partial charge is 0.376 e. The van der Waals surface area contributed by atoms with Crippen LogP contribution in [-0.2, 0) is 24.1 Å². The zero-order chi connectivity index (χ0) is 16.5. The van der Waals surface area contributed by atoms with Crippen LogP contribution >= 0.6 is 23.1 Å². The number of nitrogens with zero attached hydrogens (tertiary/aromatic N) is 2. The number of thioether (sulfide) groups is 1. The highest BCUT2D eigenvalue weighted by Crippen LogP contribution is 2.34. The fraction of sp³-hybridized carbons (Fsp3) is 0.556. The summed E-state index contributed by atoms with van der Waals surface area (Å²) in [4.78, 5) is 20.4. The SMILES string of the molecule is C=CCSc1nc2sc3c(c2c(=O)n1CC1CCCO1)CCCC3. The standard InChI is InChI=1S/C18H22N2O2S2/c1-2-10-23-18-19-16-15(13-7-3-4-8-14(13)24-16)17(21)20(18)11-12-6-5-9-22-12/h2,12H,1,3-11H2. The number of thiophene rings is 1. The van der Waals surface area contributed by atoms with Gasteiger partial charge in [0.05, 0.1) is 18.0 Å². The molecule has 0 spiro atoms. The molecule has 0 radical (unpaired) electrons. The van der Waals surface area contributed by atoms with Crippen LogP contribution in [0.4, 0.5) is 0 Å². The maximum absolute atomic E-state index is 13.3. The monoisotopic (exact) mass is 362 g/mol. The lowest BCUT2D eigenvalue weighted by molar-refractivity contribution is 0.0937. The second-order valence-corrected chi connectivity index (χ2v) is 8.51. The maximum atomic E-state index is 13.3. The van der Waals surface area contributed by atoms with Crippen LogP contribution in [-0.4, -0.2) is 28.0 Å². The molecule has 0 saturated carbocycles. The molecule has 6 heteroatoms. The van der Waals surface area contributed by atoms with Gasteiger partial charge in [-0.1, -0.05) is 17.8 Å². The van der Waals surface area contributed by atoms with E-state index in [9.17, 15) is 4.79 Å². The molecule has 4 rings (SSSR count). The van der Waals surface area contributed by atoms with Gasteiger partial charge in [-0.15, -0.1) is 17.9 Å². The highest BCUT2D eigenvalue weighted by Gasteiger charge is 2.24. The van der Waals surface area contributed by atoms with E-state index in [0.717, 1.165) is 53.4 Å². The Hall–Kier alpha value is -1.11. The lowest BCUT2D eigenvalue weighted by atomic mass is 9.97. The first kappa shape index (κ1) is 16.4. The molecule has 0 bridgehead atoms. The third-order valence-electron chi connectivity index (χ3n) is 4.78. The summed E-state index contributed by atoms with van der Waals surface area (Å²) in [6.45, 7) is 5.21. The van der Waals surface area contributed by atoms with Gasteiger partial charge in [-0.3, -0.25) is 9.36 Å². The Bertz CT molecular complexity index is 819. The molecule has 1 aliphatic heterocycles. The molecule has 1 aliphatic carbocycles. The molecule has 4 nitrogen and oxygen atoms in total. The minimum Gasteiger partial charge on any atom is -0.376 e. The summed E-state index contributed by atoms with van der Waals surface area (Å²) in [7, 11) is 0. The minimum absolute atomic E-state index is 0.126. The number of aromatic nitrogens is 2. The fourth-order valence-electron chi connectivity index (χ4n) is 3.62. The zero-order valence-corrected chi connectivity index (χ0v) is 15.4. The summed E-state index contributed by atoms with van der Waals surface area (Å²) < 4.78 is 7.62. The topological polar surface area (TPSA) is 44.1 Å². The normalized spacial score (nSPS) is 20.4. The predicted molar refractivity (Wildman–Crippen MR) is 100 cm³/mol. The highest BCUT2D eigenvalue weighted by molar-refractivity contribution is 7.99. The smallest absolute Gasteiger partial charge is 0.263 e. The summed E-state index contributed by atoms with van der Waals surface area (Å²) in [5.41, 5.74) is 1.39. The van der Waals surface area contributed by atoms with Crippen molar-refractivity contribution in [3.63, 3.8) is 0 Å². The first-order valence-electron chi connectivity index (χ1n) is 8.68. The van der Waals surface area contributed by atoms with Gasteiger partial charge >= 0.3 is 0 Å². The molecule has 1 atom stereocenters. The molecule has 3 heterocycles. The third-order valence-corrected chi connectivity index (χ3v) is 6.94. The van der Waals surface area contributed by atoms with Gasteiger partial charge in [-0.25, -0.2) is 4.98 Å². The molecule has 1 unspecified atom stereocenters. The van der Waals surface area contributed by atoms with Crippen molar-refractivity contribution in [3.8, 4) is 0 Å². The Morgan fingerprint density at radius 3 is 3.04 bits per heavy atom. The van der Waals surface area contributed by atoms with Gasteiger partial charge in [-0.05, 0) is 44.1 Å². The first-order valence-corrected chi connectivity index (χ1v) is 10.5. The van der Waals surface area contributed by atoms with Crippen LogP contribution < -0.4 is 5.56 Å². The molecule has 1 fully saturated rings. The van der Waals surface area contributed by atoms with Crippen molar-refractivity contribution in [2.75, 3.05) is 12.4 Å². The van der Waals surface area contributed by atoms with Crippen molar-refractivity contribution in [1.82, 2.24) is 9.55 Å². The molecule has 2 aliphatic rings. The van der Waals surface area contributed by atoms with Crippen molar-refractivity contribution < 1.29 is 4.74 Å². The maximum Gasteiger partial charge on any atom is 0.263 e. The van der Waals surface area contributed by atoms with Crippen molar-refractivity contribution >= 4 is 33.3 Å². The number of rotatable bonds is 5. The summed E-state index contributed by atoms with van der Waals surface area (Å²) in [5.74, 6) is 0.758. The van der Waals surface area contributed by atoms with Gasteiger partial charge in [0.25, 0.3) is 5.56 Å². The van der Waals surface area contributed by atoms with Crippen LogP contribution in [0.2, 0.25) is 0 Å². The van der Waals surface area contributed by atoms with E-state index in [0.29, 0.717) is 6.54 Å². The lowest BCUT2D eigenvalue weighted by Crippen LogP contribution is -2.29. The Balaban J connectivity index is 1.83. The van der Waals surface area contributed by atoms with E-state index in [2.05, 4.69) is 6.58 Å². The van der Waals surface area contributed by atoms with Gasteiger partial charge < -0.3 is 4.74 Å². The van der Waals surface area contributed by atoms with Gasteiger partial charge in [0.1, 0.15) is 4.83 Å². The molecule has 24 heavy (non-hydrogen) atoms. The Morgan fingerprint density at radius 2 is 2.25 bits per heavy atom. The molecule has 2 aromatic rings. The van der Waals surface area contributed by atoms with E-state index in [1.54, 1.807) is 23.1 Å². The van der Waals surface area contributed by atoms with Gasteiger partial charge in [0.2, 0.25) is 0 Å². The number of aryl methyl sites for hydroxylation is 2. The Morgan fingerprint density at radius 1 is 1.38 bits per heavy atom. The van der Waals surface area contributed by atoms with Crippen LogP contribution in [0.3, 0.4) is 0 Å². The van der Waals surface area contributed by atoms with E-state index >= 15 is 0 Å². The van der Waals surface area contributed by atoms with Crippen LogP contribution in [0.5, 0.6) is 0 Å². The van der Waals surface area contributed by atoms with Crippen LogP contribution in [0, 0.1) is 0 Å². The third kappa shape index (κ3) is 2.95. The van der Waals surface area contributed by atoms with Crippen molar-refractivity contribution in [2.24, 2.45) is 0 Å². The van der Waals surface area contributed by atoms with E-state index < -0.39 is 0 Å². The average Bonchev–Trinajstić information content (AvgIpc) is 3.22. The summed E-state index contributed by atoms with van der Waals surface area (Å²) in [6, 6.07) is 0. The summed E-state index contributed by atoms with van der Waals surface area (Å²) in [6.07, 6.45) is 8.62. The molecule has 2 aromatic heterocycles. The van der Waals surface area contributed by atoms with Gasteiger partial charge in [-0.2, -0.15) is 0 Å². The van der Waals surface area contributed by atoms with E-state index in [1.165, 1.54) is 23.3 Å². The molecule has 1 saturated heterocycles. The predicted octanol–water partition coefficient (Wildman–Crippen LogP) is 3.79. The molecule has 0 N–H and O–H groups in total. The molecule has 0 amide bonds. The minimum atomic E-state index is 0.126. The van der Waals surface area contributed by atoms with Gasteiger partial charge in [0.15, 0.2) is 5.16 Å².